The summed E-state index contributed by atoms with van der Waals surface area (Å²) in [5, 5.41) is 0. The van der Waals surface area contributed by atoms with E-state index in [0.717, 1.165) is 17.6 Å². The summed E-state index contributed by atoms with van der Waals surface area (Å²) >= 11 is 0. The molecule has 0 rings (SSSR count). The van der Waals surface area contributed by atoms with E-state index in [4.69, 9.17) is 5.73 Å². The van der Waals surface area contributed by atoms with Crippen molar-refractivity contribution in [3.8, 4) is 0 Å². The molecule has 0 radical (unpaired) electrons. The van der Waals surface area contributed by atoms with E-state index in [9.17, 15) is 0 Å². The van der Waals surface area contributed by atoms with Crippen LogP contribution in [0.1, 0.15) is 34.1 Å². The fourth-order valence-corrected chi connectivity index (χ4v) is 1.57. The Bertz CT molecular complexity index is 330. The van der Waals surface area contributed by atoms with Crippen molar-refractivity contribution in [3.63, 3.8) is 0 Å². The molecule has 0 aromatic carbocycles. The Kier molecular flexibility index (Phi) is 5.68. The first-order valence-corrected chi connectivity index (χ1v) is 5.24. The molecule has 2 heteroatoms. The second kappa shape index (κ2) is 6.23. The van der Waals surface area contributed by atoms with Crippen molar-refractivity contribution >= 4 is 5.84 Å². The predicted octanol–water partition coefficient (Wildman–Crippen LogP) is 3.22. The highest BCUT2D eigenvalue weighted by atomic mass is 14.8. The summed E-state index contributed by atoms with van der Waals surface area (Å²) in [6, 6.07) is 0. The van der Waals surface area contributed by atoms with E-state index in [1.54, 1.807) is 7.05 Å². The Morgan fingerprint density at radius 3 is 2.20 bits per heavy atom. The van der Waals surface area contributed by atoms with Crippen molar-refractivity contribution < 1.29 is 0 Å². The lowest BCUT2D eigenvalue weighted by Gasteiger charge is -2.14. The normalized spacial score (nSPS) is 15.0. The second-order valence-corrected chi connectivity index (χ2v) is 3.57. The third kappa shape index (κ3) is 3.39. The maximum absolute atomic E-state index is 5.89. The zero-order valence-corrected chi connectivity index (χ0v) is 10.5. The van der Waals surface area contributed by atoms with E-state index in [1.807, 2.05) is 13.8 Å². The fourth-order valence-electron chi connectivity index (χ4n) is 1.57. The third-order valence-electron chi connectivity index (χ3n) is 2.49. The standard InChI is InChI=1S/C13H22N2/c1-7-10(5)11(8-2)12(9(3)4)13(14)15-6/h7H,3,8H2,1-2,4-6H3,(H2,14,15)/b10-7-,12-11+. The molecule has 2 nitrogen and oxygen atoms in total. The van der Waals surface area contributed by atoms with Gasteiger partial charge in [0.15, 0.2) is 0 Å². The topological polar surface area (TPSA) is 38.4 Å². The molecule has 84 valence electrons. The van der Waals surface area contributed by atoms with Gasteiger partial charge in [0.05, 0.1) is 0 Å². The highest BCUT2D eigenvalue weighted by molar-refractivity contribution is 6.02. The third-order valence-corrected chi connectivity index (χ3v) is 2.49. The number of allylic oxidation sites excluding steroid dienone is 3. The first-order valence-electron chi connectivity index (χ1n) is 5.24. The Labute approximate surface area is 93.3 Å². The molecule has 0 saturated carbocycles. The zero-order valence-electron chi connectivity index (χ0n) is 10.5. The summed E-state index contributed by atoms with van der Waals surface area (Å²) in [6.45, 7) is 12.2. The van der Waals surface area contributed by atoms with Crippen LogP contribution in [0.15, 0.2) is 39.9 Å². The van der Waals surface area contributed by atoms with Gasteiger partial charge in [-0.3, -0.25) is 4.99 Å². The highest BCUT2D eigenvalue weighted by Crippen LogP contribution is 2.22. The quantitative estimate of drug-likeness (QED) is 0.428. The van der Waals surface area contributed by atoms with Crippen molar-refractivity contribution in [1.82, 2.24) is 0 Å². The van der Waals surface area contributed by atoms with E-state index < -0.39 is 0 Å². The smallest absolute Gasteiger partial charge is 0.125 e. The predicted molar refractivity (Wildman–Crippen MR) is 69.1 cm³/mol. The highest BCUT2D eigenvalue weighted by Gasteiger charge is 2.10. The lowest BCUT2D eigenvalue weighted by Crippen LogP contribution is -2.17. The van der Waals surface area contributed by atoms with Gasteiger partial charge in [-0.05, 0) is 38.3 Å². The van der Waals surface area contributed by atoms with Gasteiger partial charge in [-0.25, -0.2) is 0 Å². The number of amidine groups is 1. The summed E-state index contributed by atoms with van der Waals surface area (Å²) in [7, 11) is 1.70. The number of nitrogens with zero attached hydrogens (tertiary/aromatic N) is 1. The SMILES string of the molecule is C=C(C)C(/C(N)=N\C)=C(CC)\C(C)=C/C. The van der Waals surface area contributed by atoms with Gasteiger partial charge in [0, 0.05) is 12.6 Å². The van der Waals surface area contributed by atoms with Crippen LogP contribution < -0.4 is 5.73 Å². The molecule has 0 heterocycles. The zero-order chi connectivity index (χ0) is 12.0. The summed E-state index contributed by atoms with van der Waals surface area (Å²) in [4.78, 5) is 4.04. The molecule has 0 atom stereocenters. The van der Waals surface area contributed by atoms with Crippen LogP contribution >= 0.6 is 0 Å². The molecule has 0 bridgehead atoms. The number of aliphatic imine (C=N–C) groups is 1. The minimum atomic E-state index is 0.570. The Hall–Kier alpha value is -1.31. The maximum atomic E-state index is 5.89. The second-order valence-electron chi connectivity index (χ2n) is 3.57. The van der Waals surface area contributed by atoms with Crippen LogP contribution in [0.5, 0.6) is 0 Å². The van der Waals surface area contributed by atoms with Crippen LogP contribution in [0, 0.1) is 0 Å². The van der Waals surface area contributed by atoms with E-state index in [2.05, 4.69) is 31.5 Å². The average molecular weight is 206 g/mol. The van der Waals surface area contributed by atoms with Crippen molar-refractivity contribution in [2.45, 2.75) is 34.1 Å². The summed E-state index contributed by atoms with van der Waals surface area (Å²) in [6.07, 6.45) is 3.03. The molecule has 0 aromatic rings. The Morgan fingerprint density at radius 1 is 1.40 bits per heavy atom. The van der Waals surface area contributed by atoms with Gasteiger partial charge in [-0.2, -0.15) is 0 Å². The van der Waals surface area contributed by atoms with Gasteiger partial charge in [-0.15, -0.1) is 0 Å². The molecular formula is C13H22N2. The number of nitrogens with two attached hydrogens (primary N) is 1. The number of hydrogen-bond donors (Lipinski definition) is 1. The lowest BCUT2D eigenvalue weighted by atomic mass is 9.94. The van der Waals surface area contributed by atoms with Gasteiger partial charge >= 0.3 is 0 Å². The van der Waals surface area contributed by atoms with Crippen LogP contribution in [0.2, 0.25) is 0 Å². The van der Waals surface area contributed by atoms with E-state index in [0.29, 0.717) is 5.84 Å². The molecule has 0 spiro atoms. The monoisotopic (exact) mass is 206 g/mol. The largest absolute Gasteiger partial charge is 0.383 e. The minimum Gasteiger partial charge on any atom is -0.383 e. The molecule has 0 aliphatic heterocycles. The molecule has 0 aliphatic rings. The van der Waals surface area contributed by atoms with Gasteiger partial charge in [0.25, 0.3) is 0 Å². The molecule has 0 unspecified atom stereocenters. The van der Waals surface area contributed by atoms with Crippen LogP contribution in [0.4, 0.5) is 0 Å². The number of hydrogen-bond acceptors (Lipinski definition) is 1. The molecule has 0 saturated heterocycles. The summed E-state index contributed by atoms with van der Waals surface area (Å²) < 4.78 is 0. The van der Waals surface area contributed by atoms with E-state index >= 15 is 0 Å². The lowest BCUT2D eigenvalue weighted by molar-refractivity contribution is 1.08. The molecule has 0 aliphatic carbocycles. The van der Waals surface area contributed by atoms with Crippen molar-refractivity contribution in [2.24, 2.45) is 10.7 Å². The Balaban J connectivity index is 5.71. The van der Waals surface area contributed by atoms with Crippen molar-refractivity contribution in [3.05, 3.63) is 34.9 Å². The van der Waals surface area contributed by atoms with Crippen LogP contribution in [0.25, 0.3) is 0 Å². The maximum Gasteiger partial charge on any atom is 0.125 e. The van der Waals surface area contributed by atoms with Crippen LogP contribution in [-0.2, 0) is 0 Å². The first-order chi connectivity index (χ1) is 6.99. The average Bonchev–Trinajstić information content (AvgIpc) is 2.22. The molecule has 15 heavy (non-hydrogen) atoms. The summed E-state index contributed by atoms with van der Waals surface area (Å²) in [5.74, 6) is 0.570. The van der Waals surface area contributed by atoms with Gasteiger partial charge in [-0.1, -0.05) is 25.2 Å². The van der Waals surface area contributed by atoms with Gasteiger partial charge in [0.2, 0.25) is 0 Å². The van der Waals surface area contributed by atoms with Gasteiger partial charge < -0.3 is 5.73 Å². The first kappa shape index (κ1) is 13.7. The fraction of sp³-hybridized carbons (Fsp3) is 0.462. The van der Waals surface area contributed by atoms with Crippen molar-refractivity contribution in [2.75, 3.05) is 7.05 Å². The molecule has 0 amide bonds. The minimum absolute atomic E-state index is 0.570. The molecule has 2 N–H and O–H groups in total. The van der Waals surface area contributed by atoms with E-state index in [1.165, 1.54) is 11.1 Å². The van der Waals surface area contributed by atoms with Crippen molar-refractivity contribution in [1.29, 1.82) is 0 Å². The van der Waals surface area contributed by atoms with Gasteiger partial charge in [0.1, 0.15) is 5.84 Å². The van der Waals surface area contributed by atoms with E-state index in [-0.39, 0.29) is 0 Å². The number of rotatable bonds is 4. The Morgan fingerprint density at radius 2 is 1.93 bits per heavy atom. The molecule has 0 fully saturated rings. The molecular weight excluding hydrogens is 184 g/mol. The summed E-state index contributed by atoms with van der Waals surface area (Å²) in [5.41, 5.74) is 10.3. The molecule has 0 aromatic heterocycles. The van der Waals surface area contributed by atoms with Crippen LogP contribution in [-0.4, -0.2) is 12.9 Å². The van der Waals surface area contributed by atoms with Crippen LogP contribution in [0.3, 0.4) is 0 Å².